The van der Waals surface area contributed by atoms with Crippen molar-refractivity contribution in [1.29, 1.82) is 0 Å². The normalized spacial score (nSPS) is 10.7. The number of aryl methyl sites for hydroxylation is 3. The predicted octanol–water partition coefficient (Wildman–Crippen LogP) is 4.08. The van der Waals surface area contributed by atoms with Gasteiger partial charge in [-0.1, -0.05) is 0 Å². The minimum absolute atomic E-state index is 0.156. The molecule has 1 heterocycles. The molecule has 0 unspecified atom stereocenters. The number of hydrogen-bond donors (Lipinski definition) is 1. The van der Waals surface area contributed by atoms with Crippen LogP contribution in [0.5, 0.6) is 5.75 Å². The van der Waals surface area contributed by atoms with Crippen molar-refractivity contribution in [2.24, 2.45) is 0 Å². The number of carbonyl (C=O) groups excluding carboxylic acids is 1. The van der Waals surface area contributed by atoms with Crippen molar-refractivity contribution in [1.82, 2.24) is 9.78 Å². The van der Waals surface area contributed by atoms with Crippen LogP contribution in [0.25, 0.3) is 5.69 Å². The molecule has 28 heavy (non-hydrogen) atoms. The zero-order valence-corrected chi connectivity index (χ0v) is 16.7. The zero-order chi connectivity index (χ0) is 20.1. The van der Waals surface area contributed by atoms with Crippen molar-refractivity contribution in [2.75, 3.05) is 25.6 Å². The lowest BCUT2D eigenvalue weighted by Crippen LogP contribution is -2.13. The molecule has 0 atom stereocenters. The van der Waals surface area contributed by atoms with E-state index in [2.05, 4.69) is 10.4 Å². The van der Waals surface area contributed by atoms with Crippen LogP contribution in [-0.4, -0.2) is 36.0 Å². The summed E-state index contributed by atoms with van der Waals surface area (Å²) in [4.78, 5) is 12.6. The number of carbonyl (C=O) groups is 1. The maximum atomic E-state index is 12.6. The summed E-state index contributed by atoms with van der Waals surface area (Å²) >= 11 is 0. The molecule has 146 valence electrons. The monoisotopic (exact) mass is 379 g/mol. The van der Waals surface area contributed by atoms with Crippen LogP contribution in [0.15, 0.2) is 48.5 Å². The molecule has 0 saturated heterocycles. The minimum atomic E-state index is -0.156. The van der Waals surface area contributed by atoms with Gasteiger partial charge in [-0.15, -0.1) is 0 Å². The summed E-state index contributed by atoms with van der Waals surface area (Å²) in [7, 11) is 1.64. The van der Waals surface area contributed by atoms with Gasteiger partial charge < -0.3 is 14.8 Å². The highest BCUT2D eigenvalue weighted by molar-refractivity contribution is 6.04. The smallest absolute Gasteiger partial charge is 0.255 e. The first-order valence-electron chi connectivity index (χ1n) is 9.15. The highest BCUT2D eigenvalue weighted by atomic mass is 16.5. The third-order valence-electron chi connectivity index (χ3n) is 4.39. The Hall–Kier alpha value is -3.12. The van der Waals surface area contributed by atoms with Gasteiger partial charge in [0.25, 0.3) is 5.91 Å². The average Bonchev–Trinajstić information content (AvgIpc) is 3.02. The second kappa shape index (κ2) is 8.71. The maximum Gasteiger partial charge on any atom is 0.255 e. The fourth-order valence-corrected chi connectivity index (χ4v) is 2.95. The second-order valence-corrected chi connectivity index (χ2v) is 6.66. The molecule has 1 aromatic heterocycles. The van der Waals surface area contributed by atoms with Gasteiger partial charge in [0.05, 0.1) is 18.0 Å². The molecular weight excluding hydrogens is 354 g/mol. The summed E-state index contributed by atoms with van der Waals surface area (Å²) in [5.74, 6) is 0.595. The number of nitrogens with zero attached hydrogens (tertiary/aromatic N) is 2. The van der Waals surface area contributed by atoms with E-state index in [1.165, 1.54) is 0 Å². The molecule has 0 bridgehead atoms. The molecule has 0 radical (unpaired) electrons. The predicted molar refractivity (Wildman–Crippen MR) is 110 cm³/mol. The third kappa shape index (κ3) is 4.58. The maximum absolute atomic E-state index is 12.6. The van der Waals surface area contributed by atoms with Crippen molar-refractivity contribution in [3.05, 3.63) is 71.0 Å². The Kier molecular flexibility index (Phi) is 6.11. The van der Waals surface area contributed by atoms with Gasteiger partial charge >= 0.3 is 0 Å². The van der Waals surface area contributed by atoms with Crippen LogP contribution < -0.4 is 10.1 Å². The van der Waals surface area contributed by atoms with Gasteiger partial charge in [-0.05, 0) is 74.9 Å². The second-order valence-electron chi connectivity index (χ2n) is 6.66. The van der Waals surface area contributed by atoms with Crippen LogP contribution in [0, 0.1) is 20.8 Å². The average molecular weight is 379 g/mol. The molecule has 3 aromatic rings. The van der Waals surface area contributed by atoms with E-state index >= 15 is 0 Å². The Morgan fingerprint density at radius 3 is 2.39 bits per heavy atom. The molecule has 3 rings (SSSR count). The van der Waals surface area contributed by atoms with Crippen molar-refractivity contribution in [3.63, 3.8) is 0 Å². The van der Waals surface area contributed by atoms with E-state index < -0.39 is 0 Å². The Morgan fingerprint density at radius 1 is 1.04 bits per heavy atom. The molecule has 0 saturated carbocycles. The first kappa shape index (κ1) is 19.6. The number of hydrogen-bond acceptors (Lipinski definition) is 4. The number of anilines is 1. The number of amides is 1. The molecule has 1 N–H and O–H groups in total. The highest BCUT2D eigenvalue weighted by Crippen LogP contribution is 2.22. The van der Waals surface area contributed by atoms with Gasteiger partial charge in [-0.25, -0.2) is 4.68 Å². The number of methoxy groups -OCH3 is 1. The van der Waals surface area contributed by atoms with E-state index in [0.717, 1.165) is 34.1 Å². The van der Waals surface area contributed by atoms with Crippen LogP contribution in [-0.2, 0) is 4.74 Å². The molecule has 0 spiro atoms. The fraction of sp³-hybridized carbons (Fsp3) is 0.273. The first-order chi connectivity index (χ1) is 13.5. The number of aromatic nitrogens is 2. The van der Waals surface area contributed by atoms with Gasteiger partial charge in [-0.3, -0.25) is 4.79 Å². The number of ether oxygens (including phenoxy) is 2. The quantitative estimate of drug-likeness (QED) is 0.629. The van der Waals surface area contributed by atoms with Crippen molar-refractivity contribution in [3.8, 4) is 11.4 Å². The van der Waals surface area contributed by atoms with Crippen LogP contribution in [0.1, 0.15) is 27.3 Å². The lowest BCUT2D eigenvalue weighted by molar-refractivity contribution is 0.102. The highest BCUT2D eigenvalue weighted by Gasteiger charge is 2.10. The number of benzene rings is 2. The Morgan fingerprint density at radius 2 is 1.79 bits per heavy atom. The molecule has 0 fully saturated rings. The van der Waals surface area contributed by atoms with Crippen LogP contribution in [0.3, 0.4) is 0 Å². The third-order valence-corrected chi connectivity index (χ3v) is 4.39. The standard InChI is InChI=1S/C22H25N3O3/c1-15-13-20(28-12-11-27-4)9-10-21(15)23-22(26)18-5-7-19(8-6-18)25-17(3)14-16(2)24-25/h5-10,13-14H,11-12H2,1-4H3,(H,23,26). The van der Waals surface area contributed by atoms with Crippen LogP contribution in [0.4, 0.5) is 5.69 Å². The molecule has 6 heteroatoms. The SMILES string of the molecule is COCCOc1ccc(NC(=O)c2ccc(-n3nc(C)cc3C)cc2)c(C)c1. The van der Waals surface area contributed by atoms with Gasteiger partial charge in [0.2, 0.25) is 0 Å². The first-order valence-corrected chi connectivity index (χ1v) is 9.15. The number of rotatable bonds is 7. The van der Waals surface area contributed by atoms with E-state index in [9.17, 15) is 4.79 Å². The molecular formula is C22H25N3O3. The van der Waals surface area contributed by atoms with Crippen LogP contribution in [0.2, 0.25) is 0 Å². The Balaban J connectivity index is 1.68. The lowest BCUT2D eigenvalue weighted by atomic mass is 10.1. The van der Waals surface area contributed by atoms with Gasteiger partial charge in [0, 0.05) is 24.1 Å². The summed E-state index contributed by atoms with van der Waals surface area (Å²) in [6.07, 6.45) is 0. The Bertz CT molecular complexity index is 962. The number of nitrogens with one attached hydrogen (secondary N) is 1. The van der Waals surface area contributed by atoms with E-state index in [-0.39, 0.29) is 5.91 Å². The van der Waals surface area contributed by atoms with Crippen LogP contribution >= 0.6 is 0 Å². The van der Waals surface area contributed by atoms with Crippen molar-refractivity contribution >= 4 is 11.6 Å². The molecule has 0 aliphatic carbocycles. The summed E-state index contributed by atoms with van der Waals surface area (Å²) in [5, 5.41) is 7.42. The zero-order valence-electron chi connectivity index (χ0n) is 16.7. The van der Waals surface area contributed by atoms with Gasteiger partial charge in [0.1, 0.15) is 12.4 Å². The summed E-state index contributed by atoms with van der Waals surface area (Å²) in [6, 6.07) is 15.0. The van der Waals surface area contributed by atoms with E-state index in [0.29, 0.717) is 18.8 Å². The molecule has 0 aliphatic heterocycles. The van der Waals surface area contributed by atoms with Gasteiger partial charge in [0.15, 0.2) is 0 Å². The Labute approximate surface area is 165 Å². The minimum Gasteiger partial charge on any atom is -0.491 e. The van der Waals surface area contributed by atoms with E-state index in [4.69, 9.17) is 9.47 Å². The van der Waals surface area contributed by atoms with E-state index in [1.807, 2.05) is 61.9 Å². The molecule has 2 aromatic carbocycles. The summed E-state index contributed by atoms with van der Waals surface area (Å²) < 4.78 is 12.4. The van der Waals surface area contributed by atoms with Gasteiger partial charge in [-0.2, -0.15) is 5.10 Å². The molecule has 6 nitrogen and oxygen atoms in total. The largest absolute Gasteiger partial charge is 0.491 e. The van der Waals surface area contributed by atoms with Crippen molar-refractivity contribution < 1.29 is 14.3 Å². The molecule has 1 amide bonds. The van der Waals surface area contributed by atoms with E-state index in [1.54, 1.807) is 19.2 Å². The lowest BCUT2D eigenvalue weighted by Gasteiger charge is -2.12. The fourth-order valence-electron chi connectivity index (χ4n) is 2.95. The topological polar surface area (TPSA) is 65.4 Å². The summed E-state index contributed by atoms with van der Waals surface area (Å²) in [5.41, 5.74) is 5.22. The summed E-state index contributed by atoms with van der Waals surface area (Å²) in [6.45, 7) is 6.92. The van der Waals surface area contributed by atoms with Crippen molar-refractivity contribution in [2.45, 2.75) is 20.8 Å². The molecule has 0 aliphatic rings.